The molecule has 5 heteroatoms. The van der Waals surface area contributed by atoms with Crippen molar-refractivity contribution in [2.24, 2.45) is 0 Å². The molecule has 1 aromatic rings. The maximum atomic E-state index is 12.0. The molecule has 1 saturated heterocycles. The van der Waals surface area contributed by atoms with Crippen LogP contribution in [0.15, 0.2) is 24.3 Å². The lowest BCUT2D eigenvalue weighted by atomic mass is 10.1. The van der Waals surface area contributed by atoms with Gasteiger partial charge in [0.15, 0.2) is 0 Å². The Kier molecular flexibility index (Phi) is 6.12. The molecule has 2 rings (SSSR count). The number of nitrogens with one attached hydrogen (secondary N) is 2. The summed E-state index contributed by atoms with van der Waals surface area (Å²) < 4.78 is 5.11. The topological polar surface area (TPSA) is 50.4 Å². The smallest absolute Gasteiger partial charge is 0.237 e. The Labute approximate surface area is 120 Å². The zero-order valence-corrected chi connectivity index (χ0v) is 12.1. The fourth-order valence-electron chi connectivity index (χ4n) is 2.20. The quantitative estimate of drug-likeness (QED) is 0.890. The molecule has 1 aromatic carbocycles. The highest BCUT2D eigenvalue weighted by molar-refractivity contribution is 5.85. The summed E-state index contributed by atoms with van der Waals surface area (Å²) >= 11 is 0. The number of halogens is 1. The van der Waals surface area contributed by atoms with E-state index >= 15 is 0 Å². The number of ether oxygens (including phenoxy) is 1. The molecule has 4 nitrogen and oxygen atoms in total. The van der Waals surface area contributed by atoms with E-state index in [1.165, 1.54) is 0 Å². The third kappa shape index (κ3) is 4.11. The number of benzene rings is 1. The lowest BCUT2D eigenvalue weighted by Crippen LogP contribution is -2.41. The van der Waals surface area contributed by atoms with Gasteiger partial charge < -0.3 is 15.4 Å². The molecule has 1 aliphatic rings. The highest BCUT2D eigenvalue weighted by atomic mass is 35.5. The largest absolute Gasteiger partial charge is 0.497 e. The van der Waals surface area contributed by atoms with Crippen molar-refractivity contribution in [1.82, 2.24) is 10.6 Å². The van der Waals surface area contributed by atoms with Gasteiger partial charge in [-0.05, 0) is 44.0 Å². The van der Waals surface area contributed by atoms with Gasteiger partial charge in [-0.15, -0.1) is 12.4 Å². The zero-order chi connectivity index (χ0) is 13.0. The van der Waals surface area contributed by atoms with Gasteiger partial charge in [-0.1, -0.05) is 12.1 Å². The van der Waals surface area contributed by atoms with Crippen LogP contribution < -0.4 is 15.4 Å². The molecular weight excluding hydrogens is 264 g/mol. The van der Waals surface area contributed by atoms with Crippen LogP contribution in [0, 0.1) is 0 Å². The maximum Gasteiger partial charge on any atom is 0.237 e. The van der Waals surface area contributed by atoms with Crippen LogP contribution in [-0.2, 0) is 4.79 Å². The Morgan fingerprint density at radius 3 is 2.63 bits per heavy atom. The van der Waals surface area contributed by atoms with Gasteiger partial charge in [-0.2, -0.15) is 0 Å². The van der Waals surface area contributed by atoms with Gasteiger partial charge in [0.1, 0.15) is 5.75 Å². The van der Waals surface area contributed by atoms with Crippen molar-refractivity contribution in [3.63, 3.8) is 0 Å². The summed E-state index contributed by atoms with van der Waals surface area (Å²) in [5.74, 6) is 0.922. The normalized spacial score (nSPS) is 19.4. The van der Waals surface area contributed by atoms with E-state index in [-0.39, 0.29) is 30.4 Å². The average molecular weight is 285 g/mol. The first-order valence-corrected chi connectivity index (χ1v) is 6.38. The Morgan fingerprint density at radius 2 is 2.11 bits per heavy atom. The number of rotatable bonds is 4. The van der Waals surface area contributed by atoms with E-state index in [1.54, 1.807) is 7.11 Å². The van der Waals surface area contributed by atoms with E-state index in [4.69, 9.17) is 4.74 Å². The molecule has 1 fully saturated rings. The minimum Gasteiger partial charge on any atom is -0.497 e. The summed E-state index contributed by atoms with van der Waals surface area (Å²) in [6.45, 7) is 2.93. The summed E-state index contributed by atoms with van der Waals surface area (Å²) in [6, 6.07) is 7.77. The van der Waals surface area contributed by atoms with Gasteiger partial charge in [0.05, 0.1) is 19.2 Å². The van der Waals surface area contributed by atoms with Gasteiger partial charge in [0.2, 0.25) is 5.91 Å². The van der Waals surface area contributed by atoms with E-state index in [2.05, 4.69) is 10.6 Å². The first-order valence-electron chi connectivity index (χ1n) is 6.38. The summed E-state index contributed by atoms with van der Waals surface area (Å²) in [5, 5.41) is 6.23. The number of carbonyl (C=O) groups is 1. The lowest BCUT2D eigenvalue weighted by Gasteiger charge is -2.17. The Bertz CT molecular complexity index is 402. The second-order valence-electron chi connectivity index (χ2n) is 4.65. The van der Waals surface area contributed by atoms with Crippen LogP contribution in [0.3, 0.4) is 0 Å². The van der Waals surface area contributed by atoms with E-state index in [1.807, 2.05) is 31.2 Å². The Balaban J connectivity index is 0.00000180. The molecule has 1 unspecified atom stereocenters. The van der Waals surface area contributed by atoms with Crippen LogP contribution in [0.1, 0.15) is 31.4 Å². The van der Waals surface area contributed by atoms with Gasteiger partial charge in [-0.25, -0.2) is 0 Å². The molecule has 1 aliphatic heterocycles. The van der Waals surface area contributed by atoms with Crippen molar-refractivity contribution < 1.29 is 9.53 Å². The molecule has 0 spiro atoms. The second-order valence-corrected chi connectivity index (χ2v) is 4.65. The molecule has 2 N–H and O–H groups in total. The van der Waals surface area contributed by atoms with Crippen LogP contribution in [0.2, 0.25) is 0 Å². The SMILES string of the molecule is COc1ccc(C(C)NC(=O)[C@@H]2CCCN2)cc1.Cl. The Morgan fingerprint density at radius 1 is 1.42 bits per heavy atom. The minimum atomic E-state index is -0.0225. The van der Waals surface area contributed by atoms with Gasteiger partial charge in [-0.3, -0.25) is 4.79 Å². The van der Waals surface area contributed by atoms with E-state index in [0.29, 0.717) is 0 Å². The minimum absolute atomic E-state index is 0. The molecule has 2 atom stereocenters. The van der Waals surface area contributed by atoms with Crippen LogP contribution in [0.4, 0.5) is 0 Å². The van der Waals surface area contributed by atoms with Gasteiger partial charge >= 0.3 is 0 Å². The van der Waals surface area contributed by atoms with Crippen molar-refractivity contribution in [1.29, 1.82) is 0 Å². The molecule has 19 heavy (non-hydrogen) atoms. The molecule has 0 aromatic heterocycles. The molecule has 0 radical (unpaired) electrons. The summed E-state index contributed by atoms with van der Waals surface area (Å²) in [4.78, 5) is 12.0. The molecule has 106 valence electrons. The number of hydrogen-bond donors (Lipinski definition) is 2. The molecule has 0 aliphatic carbocycles. The first-order chi connectivity index (χ1) is 8.70. The van der Waals surface area contributed by atoms with Gasteiger partial charge in [0, 0.05) is 0 Å². The van der Waals surface area contributed by atoms with Crippen molar-refractivity contribution in [3.05, 3.63) is 29.8 Å². The van der Waals surface area contributed by atoms with Crippen molar-refractivity contribution in [2.75, 3.05) is 13.7 Å². The van der Waals surface area contributed by atoms with E-state index in [9.17, 15) is 4.79 Å². The van der Waals surface area contributed by atoms with E-state index < -0.39 is 0 Å². The fourth-order valence-corrected chi connectivity index (χ4v) is 2.20. The zero-order valence-electron chi connectivity index (χ0n) is 11.3. The third-order valence-corrected chi connectivity index (χ3v) is 3.35. The Hall–Kier alpha value is -1.26. The summed E-state index contributed by atoms with van der Waals surface area (Å²) in [7, 11) is 1.64. The summed E-state index contributed by atoms with van der Waals surface area (Å²) in [6.07, 6.45) is 2.01. The van der Waals surface area contributed by atoms with Crippen LogP contribution in [0.25, 0.3) is 0 Å². The first kappa shape index (κ1) is 15.8. The summed E-state index contributed by atoms with van der Waals surface area (Å²) in [5.41, 5.74) is 1.09. The molecule has 1 amide bonds. The van der Waals surface area contributed by atoms with Gasteiger partial charge in [0.25, 0.3) is 0 Å². The molecular formula is C14H21ClN2O2. The lowest BCUT2D eigenvalue weighted by molar-refractivity contribution is -0.123. The maximum absolute atomic E-state index is 12.0. The molecule has 1 heterocycles. The highest BCUT2D eigenvalue weighted by Crippen LogP contribution is 2.17. The van der Waals surface area contributed by atoms with Crippen LogP contribution >= 0.6 is 12.4 Å². The van der Waals surface area contributed by atoms with Crippen LogP contribution in [0.5, 0.6) is 5.75 Å². The number of carbonyl (C=O) groups excluding carboxylic acids is 1. The van der Waals surface area contributed by atoms with Crippen molar-refractivity contribution in [2.45, 2.75) is 31.8 Å². The fraction of sp³-hybridized carbons (Fsp3) is 0.500. The monoisotopic (exact) mass is 284 g/mol. The number of amides is 1. The van der Waals surface area contributed by atoms with Crippen LogP contribution in [-0.4, -0.2) is 25.6 Å². The predicted molar refractivity (Wildman–Crippen MR) is 77.8 cm³/mol. The second kappa shape index (κ2) is 7.36. The third-order valence-electron chi connectivity index (χ3n) is 3.35. The standard InChI is InChI=1S/C14H20N2O2.ClH/c1-10(11-5-7-12(18-2)8-6-11)16-14(17)13-4-3-9-15-13;/h5-8,10,13,15H,3-4,9H2,1-2H3,(H,16,17);1H/t10?,13-;/m0./s1. The average Bonchev–Trinajstić information content (AvgIpc) is 2.92. The van der Waals surface area contributed by atoms with Crippen molar-refractivity contribution in [3.8, 4) is 5.75 Å². The number of methoxy groups -OCH3 is 1. The molecule has 0 bridgehead atoms. The molecule has 0 saturated carbocycles. The van der Waals surface area contributed by atoms with Crippen molar-refractivity contribution >= 4 is 18.3 Å². The van der Waals surface area contributed by atoms with E-state index in [0.717, 1.165) is 30.7 Å². The highest BCUT2D eigenvalue weighted by Gasteiger charge is 2.23. The number of hydrogen-bond acceptors (Lipinski definition) is 3. The predicted octanol–water partition coefficient (Wildman–Crippen LogP) is 2.05.